The molecule has 0 atom stereocenters. The molecular weight excluding hydrogens is 256 g/mol. The summed E-state index contributed by atoms with van der Waals surface area (Å²) in [4.78, 5) is 12.8. The lowest BCUT2D eigenvalue weighted by molar-refractivity contribution is -0.164. The number of nitrogens with zero attached hydrogens (tertiary/aromatic N) is 1. The predicted octanol–water partition coefficient (Wildman–Crippen LogP) is 2.82. The van der Waals surface area contributed by atoms with Crippen LogP contribution in [0, 0.1) is 0 Å². The molecule has 0 unspecified atom stereocenters. The van der Waals surface area contributed by atoms with Crippen LogP contribution in [0.1, 0.15) is 21.7 Å². The van der Waals surface area contributed by atoms with E-state index in [2.05, 4.69) is 4.98 Å². The minimum absolute atomic E-state index is 0.0409. The number of pyridine rings is 1. The monoisotopic (exact) mass is 259 g/mol. The second-order valence-electron chi connectivity index (χ2n) is 2.89. The quantitative estimate of drug-likeness (QED) is 0.789. The molecule has 0 saturated heterocycles. The van der Waals surface area contributed by atoms with E-state index in [0.717, 1.165) is 0 Å². The highest BCUT2D eigenvalue weighted by atomic mass is 19.4. The number of halogens is 6. The first-order valence-corrected chi connectivity index (χ1v) is 3.92. The van der Waals surface area contributed by atoms with E-state index in [0.29, 0.717) is 6.07 Å². The smallest absolute Gasteiger partial charge is 0.433 e. The standard InChI is InChI=1S/C8H3F6NO2/c9-7(10,11)3-1-2-4(6(16)17)15-5(3)8(12,13)14/h1-2H,(H,16,17). The Morgan fingerprint density at radius 1 is 1.06 bits per heavy atom. The molecule has 17 heavy (non-hydrogen) atoms. The lowest BCUT2D eigenvalue weighted by Gasteiger charge is -2.14. The maximum atomic E-state index is 12.3. The van der Waals surface area contributed by atoms with Crippen molar-refractivity contribution in [2.24, 2.45) is 0 Å². The van der Waals surface area contributed by atoms with E-state index in [1.165, 1.54) is 0 Å². The van der Waals surface area contributed by atoms with Gasteiger partial charge >= 0.3 is 18.3 Å². The summed E-state index contributed by atoms with van der Waals surface area (Å²) in [5, 5.41) is 8.36. The number of carboxylic acid groups (broad SMARTS) is 1. The maximum absolute atomic E-state index is 12.3. The molecule has 1 aromatic rings. The van der Waals surface area contributed by atoms with E-state index in [1.807, 2.05) is 0 Å². The van der Waals surface area contributed by atoms with Crippen LogP contribution in [0.5, 0.6) is 0 Å². The second-order valence-corrected chi connectivity index (χ2v) is 2.89. The van der Waals surface area contributed by atoms with Gasteiger partial charge in [-0.2, -0.15) is 26.3 Å². The highest BCUT2D eigenvalue weighted by molar-refractivity contribution is 5.85. The summed E-state index contributed by atoms with van der Waals surface area (Å²) in [5.74, 6) is -1.84. The summed E-state index contributed by atoms with van der Waals surface area (Å²) in [6.07, 6.45) is -10.6. The van der Waals surface area contributed by atoms with Gasteiger partial charge in [0.05, 0.1) is 5.56 Å². The van der Waals surface area contributed by atoms with Gasteiger partial charge in [0.25, 0.3) is 0 Å². The molecule has 0 amide bonds. The van der Waals surface area contributed by atoms with Crippen LogP contribution < -0.4 is 0 Å². The van der Waals surface area contributed by atoms with Gasteiger partial charge in [0.1, 0.15) is 5.69 Å². The van der Waals surface area contributed by atoms with Crippen LogP contribution in [0.2, 0.25) is 0 Å². The van der Waals surface area contributed by atoms with Gasteiger partial charge in [-0.25, -0.2) is 9.78 Å². The van der Waals surface area contributed by atoms with Gasteiger partial charge in [0.2, 0.25) is 0 Å². The largest absolute Gasteiger partial charge is 0.477 e. The van der Waals surface area contributed by atoms with E-state index in [9.17, 15) is 31.1 Å². The molecule has 0 aliphatic heterocycles. The van der Waals surface area contributed by atoms with E-state index < -0.39 is 35.3 Å². The molecule has 0 aromatic carbocycles. The fraction of sp³-hybridized carbons (Fsp3) is 0.250. The van der Waals surface area contributed by atoms with Crippen LogP contribution in [-0.2, 0) is 12.4 Å². The zero-order chi connectivity index (χ0) is 13.4. The maximum Gasteiger partial charge on any atom is 0.433 e. The Hall–Kier alpha value is -1.80. The van der Waals surface area contributed by atoms with Gasteiger partial charge in [-0.05, 0) is 12.1 Å². The number of alkyl halides is 6. The average molecular weight is 259 g/mol. The van der Waals surface area contributed by atoms with Crippen molar-refractivity contribution in [2.45, 2.75) is 12.4 Å². The molecule has 0 aliphatic carbocycles. The van der Waals surface area contributed by atoms with E-state index >= 15 is 0 Å². The number of hydrogen-bond acceptors (Lipinski definition) is 2. The average Bonchev–Trinajstić information content (AvgIpc) is 2.14. The zero-order valence-electron chi connectivity index (χ0n) is 7.73. The Morgan fingerprint density at radius 2 is 1.59 bits per heavy atom. The van der Waals surface area contributed by atoms with Crippen LogP contribution in [0.15, 0.2) is 12.1 Å². The summed E-state index contributed by atoms with van der Waals surface area (Å²) in [7, 11) is 0. The summed E-state index contributed by atoms with van der Waals surface area (Å²) >= 11 is 0. The minimum atomic E-state index is -5.38. The number of rotatable bonds is 1. The molecule has 3 nitrogen and oxygen atoms in total. The first-order chi connectivity index (χ1) is 7.53. The third-order valence-electron chi connectivity index (χ3n) is 1.69. The van der Waals surface area contributed by atoms with E-state index in [-0.39, 0.29) is 6.07 Å². The topological polar surface area (TPSA) is 50.2 Å². The van der Waals surface area contributed by atoms with Gasteiger partial charge in [0.15, 0.2) is 5.69 Å². The van der Waals surface area contributed by atoms with Crippen LogP contribution in [0.3, 0.4) is 0 Å². The summed E-state index contributed by atoms with van der Waals surface area (Å²) in [6, 6.07) is 0.402. The van der Waals surface area contributed by atoms with Gasteiger partial charge < -0.3 is 5.11 Å². The third-order valence-corrected chi connectivity index (χ3v) is 1.69. The van der Waals surface area contributed by atoms with Crippen molar-refractivity contribution in [2.75, 3.05) is 0 Å². The summed E-state index contributed by atoms with van der Waals surface area (Å²) in [6.45, 7) is 0. The zero-order valence-corrected chi connectivity index (χ0v) is 7.73. The molecule has 1 aromatic heterocycles. The molecule has 94 valence electrons. The number of carboxylic acids is 1. The lowest BCUT2D eigenvalue weighted by atomic mass is 10.1. The number of aromatic carboxylic acids is 1. The second kappa shape index (κ2) is 3.90. The first kappa shape index (κ1) is 13.3. The third kappa shape index (κ3) is 2.86. The van der Waals surface area contributed by atoms with Crippen LogP contribution in [0.4, 0.5) is 26.3 Å². The van der Waals surface area contributed by atoms with Crippen molar-refractivity contribution in [1.29, 1.82) is 0 Å². The lowest BCUT2D eigenvalue weighted by Crippen LogP contribution is -2.20. The van der Waals surface area contributed by atoms with Gasteiger partial charge in [0, 0.05) is 0 Å². The highest BCUT2D eigenvalue weighted by Gasteiger charge is 2.45. The summed E-state index contributed by atoms with van der Waals surface area (Å²) in [5.41, 5.74) is -5.38. The van der Waals surface area contributed by atoms with E-state index in [4.69, 9.17) is 5.11 Å². The molecule has 0 fully saturated rings. The molecule has 0 aliphatic rings. The Kier molecular flexibility index (Phi) is 3.04. The van der Waals surface area contributed by atoms with Crippen molar-refractivity contribution in [1.82, 2.24) is 4.98 Å². The van der Waals surface area contributed by atoms with Crippen LogP contribution in [-0.4, -0.2) is 16.1 Å². The van der Waals surface area contributed by atoms with Crippen LogP contribution in [0.25, 0.3) is 0 Å². The van der Waals surface area contributed by atoms with Crippen molar-refractivity contribution < 1.29 is 36.2 Å². The Bertz CT molecular complexity index is 450. The Labute approximate surface area is 89.7 Å². The molecule has 0 bridgehead atoms. The number of carbonyl (C=O) groups is 1. The molecule has 9 heteroatoms. The predicted molar refractivity (Wildman–Crippen MR) is 41.2 cm³/mol. The molecule has 1 rings (SSSR count). The summed E-state index contributed by atoms with van der Waals surface area (Å²) < 4.78 is 73.5. The Balaban J connectivity index is 3.49. The molecule has 0 spiro atoms. The number of hydrogen-bond donors (Lipinski definition) is 1. The molecule has 0 saturated carbocycles. The van der Waals surface area contributed by atoms with Crippen LogP contribution >= 0.6 is 0 Å². The van der Waals surface area contributed by atoms with Gasteiger partial charge in [-0.1, -0.05) is 0 Å². The van der Waals surface area contributed by atoms with Crippen molar-refractivity contribution in [3.8, 4) is 0 Å². The molecule has 0 radical (unpaired) electrons. The van der Waals surface area contributed by atoms with Crippen molar-refractivity contribution in [3.05, 3.63) is 29.1 Å². The molecular formula is C8H3F6NO2. The minimum Gasteiger partial charge on any atom is -0.477 e. The highest BCUT2D eigenvalue weighted by Crippen LogP contribution is 2.39. The first-order valence-electron chi connectivity index (χ1n) is 3.92. The van der Waals surface area contributed by atoms with Crippen molar-refractivity contribution >= 4 is 5.97 Å². The molecule has 1 N–H and O–H groups in total. The van der Waals surface area contributed by atoms with Gasteiger partial charge in [-0.15, -0.1) is 0 Å². The Morgan fingerprint density at radius 3 is 1.94 bits per heavy atom. The van der Waals surface area contributed by atoms with Gasteiger partial charge in [-0.3, -0.25) is 0 Å². The fourth-order valence-corrected chi connectivity index (χ4v) is 1.02. The number of aromatic nitrogens is 1. The fourth-order valence-electron chi connectivity index (χ4n) is 1.02. The SMILES string of the molecule is O=C(O)c1ccc(C(F)(F)F)c(C(F)(F)F)n1. The molecule has 1 heterocycles. The van der Waals surface area contributed by atoms with E-state index in [1.54, 1.807) is 0 Å². The normalized spacial score (nSPS) is 12.6. The van der Waals surface area contributed by atoms with Crippen molar-refractivity contribution in [3.63, 3.8) is 0 Å².